The Labute approximate surface area is 311 Å². The first-order valence-corrected chi connectivity index (χ1v) is 18.8. The van der Waals surface area contributed by atoms with E-state index in [-0.39, 0.29) is 40.3 Å². The number of methoxy groups -OCH3 is 1. The molecule has 2 heterocycles. The van der Waals surface area contributed by atoms with E-state index in [0.29, 0.717) is 34.7 Å². The van der Waals surface area contributed by atoms with Crippen LogP contribution in [0.3, 0.4) is 0 Å². The molecule has 1 aliphatic heterocycles. The van der Waals surface area contributed by atoms with Crippen LogP contribution in [0.2, 0.25) is 5.02 Å². The highest BCUT2D eigenvalue weighted by Gasteiger charge is 2.40. The van der Waals surface area contributed by atoms with E-state index in [1.165, 1.54) is 60.5 Å². The first-order valence-electron chi connectivity index (χ1n) is 16.9. The number of ketones is 1. The summed E-state index contributed by atoms with van der Waals surface area (Å²) >= 11 is 5.82. The van der Waals surface area contributed by atoms with E-state index in [9.17, 15) is 32.4 Å². The molecule has 14 nitrogen and oxygen atoms in total. The van der Waals surface area contributed by atoms with Crippen LogP contribution >= 0.6 is 11.6 Å². The van der Waals surface area contributed by atoms with E-state index in [0.717, 1.165) is 0 Å². The fourth-order valence-corrected chi connectivity index (χ4v) is 7.00. The van der Waals surface area contributed by atoms with Crippen molar-refractivity contribution in [3.63, 3.8) is 0 Å². The molecule has 1 saturated heterocycles. The molecule has 280 valence electrons. The molecule has 4 amide bonds. The van der Waals surface area contributed by atoms with Crippen LogP contribution < -0.4 is 20.1 Å². The smallest absolute Gasteiger partial charge is 0.266 e. The van der Waals surface area contributed by atoms with E-state index in [1.54, 1.807) is 45.9 Å². The summed E-state index contributed by atoms with van der Waals surface area (Å²) in [7, 11) is -2.67. The molecule has 1 fully saturated rings. The second kappa shape index (κ2) is 16.2. The average Bonchev–Trinajstić information content (AvgIpc) is 3.80. The third kappa shape index (κ3) is 8.86. The fourth-order valence-electron chi connectivity index (χ4n) is 5.90. The minimum Gasteiger partial charge on any atom is -0.497 e. The number of aromatic nitrogens is 1. The van der Waals surface area contributed by atoms with Crippen molar-refractivity contribution in [1.82, 2.24) is 25.2 Å². The van der Waals surface area contributed by atoms with Gasteiger partial charge in [0.25, 0.3) is 27.7 Å². The number of carbonyl (C=O) groups excluding carboxylic acids is 5. The third-order valence-electron chi connectivity index (χ3n) is 8.87. The van der Waals surface area contributed by atoms with E-state index < -0.39 is 57.6 Å². The number of benzene rings is 3. The monoisotopic (exact) mass is 765 g/mol. The van der Waals surface area contributed by atoms with Gasteiger partial charge in [0.15, 0.2) is 5.58 Å². The first kappa shape index (κ1) is 38.9. The maximum Gasteiger partial charge on any atom is 0.266 e. The fraction of sp³-hybridized carbons (Fsp3) is 0.351. The Kier molecular flexibility index (Phi) is 11.9. The SMILES string of the molecule is COc1ccc2nc(C(=O)[C@@H](NC(=O)[C@@H]3CCCN3C(=O)[C@@H](NC(=O)c3ccc(C(=O)NS(=O)(=O)c4ccc(Cl)cc4)cc3)C(C)C)C(C)C)oc2c1. The number of fused-ring (bicyclic) bond motifs is 1. The molecule has 53 heavy (non-hydrogen) atoms. The van der Waals surface area contributed by atoms with Gasteiger partial charge in [-0.05, 0) is 85.3 Å². The minimum absolute atomic E-state index is 0.0176. The highest BCUT2D eigenvalue weighted by molar-refractivity contribution is 7.90. The lowest BCUT2D eigenvalue weighted by Crippen LogP contribution is -2.57. The zero-order valence-corrected chi connectivity index (χ0v) is 31.3. The molecule has 4 aromatic rings. The maximum absolute atomic E-state index is 13.9. The molecule has 1 aliphatic rings. The van der Waals surface area contributed by atoms with Crippen molar-refractivity contribution in [3.05, 3.63) is 88.8 Å². The van der Waals surface area contributed by atoms with E-state index in [1.807, 2.05) is 4.72 Å². The second-order valence-electron chi connectivity index (χ2n) is 13.3. The first-order chi connectivity index (χ1) is 25.1. The number of Topliss-reactive ketones (excluding diaryl/α,β-unsaturated/α-hetero) is 1. The Hall–Kier alpha value is -5.28. The van der Waals surface area contributed by atoms with Crippen LogP contribution in [0.15, 0.2) is 76.0 Å². The molecular formula is C37H40ClN5O9S. The Morgan fingerprint density at radius 3 is 2.09 bits per heavy atom. The standard InChI is InChI=1S/C37H40ClN5O9S/c1-20(2)30(32(44)36-39-27-17-14-25(51-5)19-29(27)52-36)40-35(47)28-7-6-18-43(28)37(48)31(21(3)4)41-33(45)22-8-10-23(11-9-22)34(46)42-53(49,50)26-15-12-24(38)13-16-26/h8-17,19-21,28,30-31H,6-7,18H2,1-5H3,(H,40,47)(H,41,45)(H,42,46)/t28-,30-,31-/m0/s1. The second-order valence-corrected chi connectivity index (χ2v) is 15.4. The predicted octanol–water partition coefficient (Wildman–Crippen LogP) is 4.38. The van der Waals surface area contributed by atoms with Crippen LogP contribution in [0, 0.1) is 11.8 Å². The van der Waals surface area contributed by atoms with Crippen molar-refractivity contribution in [3.8, 4) is 5.75 Å². The molecule has 0 radical (unpaired) electrons. The molecule has 0 aliphatic carbocycles. The lowest BCUT2D eigenvalue weighted by molar-refractivity contribution is -0.140. The molecule has 0 saturated carbocycles. The van der Waals surface area contributed by atoms with E-state index in [4.69, 9.17) is 20.8 Å². The number of nitrogens with one attached hydrogen (secondary N) is 3. The average molecular weight is 766 g/mol. The van der Waals surface area contributed by atoms with Gasteiger partial charge < -0.3 is 24.7 Å². The van der Waals surface area contributed by atoms with Crippen LogP contribution in [0.25, 0.3) is 11.1 Å². The lowest BCUT2D eigenvalue weighted by atomic mass is 9.98. The summed E-state index contributed by atoms with van der Waals surface area (Å²) in [5.74, 6) is -3.35. The highest BCUT2D eigenvalue weighted by Crippen LogP contribution is 2.25. The number of likely N-dealkylation sites (tertiary alicyclic amines) is 1. The van der Waals surface area contributed by atoms with Crippen molar-refractivity contribution in [1.29, 1.82) is 0 Å². The number of rotatable bonds is 13. The zero-order chi connectivity index (χ0) is 38.6. The van der Waals surface area contributed by atoms with Gasteiger partial charge in [-0.15, -0.1) is 0 Å². The molecule has 0 unspecified atom stereocenters. The summed E-state index contributed by atoms with van der Waals surface area (Å²) in [6, 6.07) is 12.6. The van der Waals surface area contributed by atoms with Crippen molar-refractivity contribution in [2.75, 3.05) is 13.7 Å². The quantitative estimate of drug-likeness (QED) is 0.165. The molecular weight excluding hydrogens is 726 g/mol. The van der Waals surface area contributed by atoms with Crippen LogP contribution in [-0.4, -0.2) is 79.5 Å². The van der Waals surface area contributed by atoms with Gasteiger partial charge >= 0.3 is 0 Å². The Morgan fingerprint density at radius 1 is 0.868 bits per heavy atom. The zero-order valence-electron chi connectivity index (χ0n) is 29.7. The van der Waals surface area contributed by atoms with Gasteiger partial charge in [-0.3, -0.25) is 24.0 Å². The van der Waals surface area contributed by atoms with Gasteiger partial charge in [0.1, 0.15) is 23.3 Å². The number of hydrogen-bond donors (Lipinski definition) is 3. The molecule has 0 bridgehead atoms. The van der Waals surface area contributed by atoms with Gasteiger partial charge in [0.05, 0.1) is 18.0 Å². The summed E-state index contributed by atoms with van der Waals surface area (Å²) in [6.45, 7) is 7.33. The number of hydrogen-bond acceptors (Lipinski definition) is 10. The van der Waals surface area contributed by atoms with Crippen molar-refractivity contribution >= 4 is 62.1 Å². The number of oxazole rings is 1. The lowest BCUT2D eigenvalue weighted by Gasteiger charge is -2.31. The highest BCUT2D eigenvalue weighted by atomic mass is 35.5. The number of ether oxygens (including phenoxy) is 1. The summed E-state index contributed by atoms with van der Waals surface area (Å²) in [4.78, 5) is 72.7. The van der Waals surface area contributed by atoms with Crippen LogP contribution in [0.5, 0.6) is 5.75 Å². The summed E-state index contributed by atoms with van der Waals surface area (Å²) in [5.41, 5.74) is 0.917. The van der Waals surface area contributed by atoms with E-state index >= 15 is 0 Å². The minimum atomic E-state index is -4.18. The summed E-state index contributed by atoms with van der Waals surface area (Å²) in [5, 5.41) is 5.90. The number of carbonyl (C=O) groups is 5. The Balaban J connectivity index is 1.24. The normalized spacial score (nSPS) is 15.6. The molecule has 0 spiro atoms. The van der Waals surface area contributed by atoms with Gasteiger partial charge in [0.2, 0.25) is 17.6 Å². The molecule has 3 N–H and O–H groups in total. The maximum atomic E-state index is 13.9. The van der Waals surface area contributed by atoms with Crippen LogP contribution in [-0.2, 0) is 19.6 Å². The topological polar surface area (TPSA) is 194 Å². The predicted molar refractivity (Wildman–Crippen MR) is 195 cm³/mol. The van der Waals surface area contributed by atoms with E-state index in [2.05, 4.69) is 15.6 Å². The molecule has 3 atom stereocenters. The van der Waals surface area contributed by atoms with Crippen LogP contribution in [0.4, 0.5) is 0 Å². The molecule has 16 heteroatoms. The van der Waals surface area contributed by atoms with Crippen molar-refractivity contribution in [2.45, 2.75) is 63.6 Å². The Morgan fingerprint density at radius 2 is 1.49 bits per heavy atom. The van der Waals surface area contributed by atoms with Crippen molar-refractivity contribution in [2.24, 2.45) is 11.8 Å². The molecule has 5 rings (SSSR count). The van der Waals surface area contributed by atoms with Gasteiger partial charge in [-0.2, -0.15) is 0 Å². The largest absolute Gasteiger partial charge is 0.497 e. The third-order valence-corrected chi connectivity index (χ3v) is 10.5. The number of amides is 4. The van der Waals surface area contributed by atoms with Crippen molar-refractivity contribution < 1.29 is 41.5 Å². The molecule has 3 aromatic carbocycles. The van der Waals surface area contributed by atoms with Gasteiger partial charge in [-0.25, -0.2) is 18.1 Å². The summed E-state index contributed by atoms with van der Waals surface area (Å²) < 4.78 is 38.1. The number of halogens is 1. The van der Waals surface area contributed by atoms with Gasteiger partial charge in [-0.1, -0.05) is 39.3 Å². The van der Waals surface area contributed by atoms with Gasteiger partial charge in [0, 0.05) is 28.8 Å². The summed E-state index contributed by atoms with van der Waals surface area (Å²) in [6.07, 6.45) is 0.891. The van der Waals surface area contributed by atoms with Crippen LogP contribution in [0.1, 0.15) is 71.9 Å². The Bertz CT molecular complexity index is 2130. The number of nitrogens with zero attached hydrogens (tertiary/aromatic N) is 2. The molecule has 1 aromatic heterocycles. The number of sulfonamides is 1.